The standard InChI is InChI=1S/C26H35N3O2S2/c1-15(20-13-16-10-11-17(20)12-16)27-22(30)14-32-26-28-24-23(19-8-4-5-9-21(19)33-24)25(31)29(26)18-6-2-3-7-18/h15-18,20H,2-14H2,1H3,(H,27,30)/t15-,16+,17+,20+/m1/s1. The molecular formula is C26H35N3O2S2. The molecule has 0 aliphatic heterocycles. The van der Waals surface area contributed by atoms with Crippen molar-refractivity contribution in [1.82, 2.24) is 14.9 Å². The average Bonchev–Trinajstić information content (AvgIpc) is 3.61. The zero-order chi connectivity index (χ0) is 22.5. The van der Waals surface area contributed by atoms with Crippen molar-refractivity contribution < 1.29 is 4.79 Å². The number of aryl methyl sites for hydroxylation is 2. The Morgan fingerprint density at radius 2 is 1.97 bits per heavy atom. The van der Waals surface area contributed by atoms with Crippen LogP contribution in [0.4, 0.5) is 0 Å². The molecule has 3 saturated carbocycles. The average molecular weight is 486 g/mol. The molecule has 5 nitrogen and oxygen atoms in total. The molecule has 4 aliphatic rings. The maximum atomic E-state index is 13.8. The van der Waals surface area contributed by atoms with Gasteiger partial charge in [0.15, 0.2) is 5.16 Å². The van der Waals surface area contributed by atoms with Crippen LogP contribution in [-0.4, -0.2) is 27.3 Å². The largest absolute Gasteiger partial charge is 0.353 e. The first-order valence-corrected chi connectivity index (χ1v) is 14.9. The second-order valence-electron chi connectivity index (χ2n) is 10.9. The van der Waals surface area contributed by atoms with Gasteiger partial charge in [-0.1, -0.05) is 31.0 Å². The minimum Gasteiger partial charge on any atom is -0.353 e. The molecule has 0 radical (unpaired) electrons. The highest BCUT2D eigenvalue weighted by molar-refractivity contribution is 7.99. The van der Waals surface area contributed by atoms with E-state index in [1.807, 2.05) is 4.57 Å². The number of carbonyl (C=O) groups is 1. The quantitative estimate of drug-likeness (QED) is 0.434. The van der Waals surface area contributed by atoms with Crippen LogP contribution < -0.4 is 10.9 Å². The molecule has 1 N–H and O–H groups in total. The van der Waals surface area contributed by atoms with E-state index < -0.39 is 0 Å². The lowest BCUT2D eigenvalue weighted by molar-refractivity contribution is -0.119. The number of nitrogens with one attached hydrogen (secondary N) is 1. The Balaban J connectivity index is 1.23. The highest BCUT2D eigenvalue weighted by Crippen LogP contribution is 2.49. The van der Waals surface area contributed by atoms with Crippen molar-refractivity contribution >= 4 is 39.2 Å². The van der Waals surface area contributed by atoms with Crippen LogP contribution in [-0.2, 0) is 17.6 Å². The van der Waals surface area contributed by atoms with Gasteiger partial charge in [-0.3, -0.25) is 14.2 Å². The van der Waals surface area contributed by atoms with E-state index in [1.165, 1.54) is 73.6 Å². The van der Waals surface area contributed by atoms with Gasteiger partial charge in [0.25, 0.3) is 5.56 Å². The molecule has 2 aromatic rings. The molecule has 33 heavy (non-hydrogen) atoms. The monoisotopic (exact) mass is 485 g/mol. The number of amides is 1. The van der Waals surface area contributed by atoms with Crippen LogP contribution >= 0.6 is 23.1 Å². The fourth-order valence-corrected chi connectivity index (χ4v) is 9.40. The predicted octanol–water partition coefficient (Wildman–Crippen LogP) is 5.48. The smallest absolute Gasteiger partial charge is 0.263 e. The molecule has 0 aromatic carbocycles. The Bertz CT molecular complexity index is 1120. The van der Waals surface area contributed by atoms with Gasteiger partial charge < -0.3 is 5.32 Å². The van der Waals surface area contributed by atoms with E-state index in [2.05, 4.69) is 12.2 Å². The highest BCUT2D eigenvalue weighted by atomic mass is 32.2. The number of carbonyl (C=O) groups excluding carboxylic acids is 1. The first kappa shape index (κ1) is 22.1. The lowest BCUT2D eigenvalue weighted by Crippen LogP contribution is -2.41. The highest BCUT2D eigenvalue weighted by Gasteiger charge is 2.42. The van der Waals surface area contributed by atoms with Crippen molar-refractivity contribution in [1.29, 1.82) is 0 Å². The van der Waals surface area contributed by atoms with Gasteiger partial charge in [0.05, 0.1) is 11.1 Å². The van der Waals surface area contributed by atoms with Crippen LogP contribution in [0.1, 0.15) is 87.6 Å². The maximum absolute atomic E-state index is 13.8. The van der Waals surface area contributed by atoms with E-state index in [9.17, 15) is 9.59 Å². The van der Waals surface area contributed by atoms with Crippen molar-refractivity contribution in [3.63, 3.8) is 0 Å². The Labute approximate surface area is 204 Å². The van der Waals surface area contributed by atoms with E-state index in [0.717, 1.165) is 52.9 Å². The SMILES string of the molecule is C[C@@H](NC(=O)CSc1nc2sc3c(c2c(=O)n1C1CCCC1)CCCC3)[C@@H]1C[C@H]2CC[C@H]1C2. The number of thiophene rings is 1. The third-order valence-corrected chi connectivity index (χ3v) is 11.0. The van der Waals surface area contributed by atoms with Crippen LogP contribution in [0.3, 0.4) is 0 Å². The maximum Gasteiger partial charge on any atom is 0.263 e. The molecule has 2 heterocycles. The summed E-state index contributed by atoms with van der Waals surface area (Å²) in [5.41, 5.74) is 1.41. The van der Waals surface area contributed by atoms with E-state index in [0.29, 0.717) is 11.7 Å². The van der Waals surface area contributed by atoms with Gasteiger partial charge in [-0.15, -0.1) is 11.3 Å². The van der Waals surface area contributed by atoms with Crippen LogP contribution in [0, 0.1) is 17.8 Å². The van der Waals surface area contributed by atoms with Crippen molar-refractivity contribution in [2.45, 2.75) is 101 Å². The second-order valence-corrected chi connectivity index (χ2v) is 12.9. The molecule has 7 heteroatoms. The number of aromatic nitrogens is 2. The zero-order valence-corrected chi connectivity index (χ0v) is 21.2. The minimum atomic E-state index is 0.0769. The molecule has 4 aliphatic carbocycles. The summed E-state index contributed by atoms with van der Waals surface area (Å²) in [6.45, 7) is 2.18. The molecule has 2 bridgehead atoms. The molecule has 178 valence electrons. The normalized spacial score (nSPS) is 27.8. The topological polar surface area (TPSA) is 64.0 Å². The summed E-state index contributed by atoms with van der Waals surface area (Å²) in [5.74, 6) is 2.75. The lowest BCUT2D eigenvalue weighted by Gasteiger charge is -2.28. The van der Waals surface area contributed by atoms with Crippen molar-refractivity contribution in [2.24, 2.45) is 17.8 Å². The zero-order valence-electron chi connectivity index (χ0n) is 19.6. The fraction of sp³-hybridized carbons (Fsp3) is 0.731. The Kier molecular flexibility index (Phi) is 6.06. The summed E-state index contributed by atoms with van der Waals surface area (Å²) in [7, 11) is 0. The van der Waals surface area contributed by atoms with E-state index >= 15 is 0 Å². The number of hydrogen-bond acceptors (Lipinski definition) is 5. The Morgan fingerprint density at radius 1 is 1.15 bits per heavy atom. The summed E-state index contributed by atoms with van der Waals surface area (Å²) in [5, 5.41) is 4.91. The summed E-state index contributed by atoms with van der Waals surface area (Å²) >= 11 is 3.17. The number of thioether (sulfide) groups is 1. The van der Waals surface area contributed by atoms with E-state index in [1.54, 1.807) is 11.3 Å². The van der Waals surface area contributed by atoms with Crippen molar-refractivity contribution in [2.75, 3.05) is 5.75 Å². The molecular weight excluding hydrogens is 450 g/mol. The summed E-state index contributed by atoms with van der Waals surface area (Å²) < 4.78 is 1.97. The molecule has 2 aromatic heterocycles. The summed E-state index contributed by atoms with van der Waals surface area (Å²) in [6, 6.07) is 0.469. The first-order valence-electron chi connectivity index (χ1n) is 13.1. The second kappa shape index (κ2) is 9.03. The van der Waals surface area contributed by atoms with Gasteiger partial charge in [0, 0.05) is 17.0 Å². The summed E-state index contributed by atoms with van der Waals surface area (Å²) in [4.78, 5) is 33.9. The van der Waals surface area contributed by atoms with Gasteiger partial charge in [-0.05, 0) is 88.0 Å². The summed E-state index contributed by atoms with van der Waals surface area (Å²) in [6.07, 6.45) is 14.2. The van der Waals surface area contributed by atoms with Gasteiger partial charge in [-0.2, -0.15) is 0 Å². The van der Waals surface area contributed by atoms with Crippen LogP contribution in [0.15, 0.2) is 9.95 Å². The Hall–Kier alpha value is -1.34. The van der Waals surface area contributed by atoms with E-state index in [4.69, 9.17) is 4.98 Å². The van der Waals surface area contributed by atoms with Gasteiger partial charge in [-0.25, -0.2) is 4.98 Å². The van der Waals surface area contributed by atoms with Crippen LogP contribution in [0.2, 0.25) is 0 Å². The van der Waals surface area contributed by atoms with E-state index in [-0.39, 0.29) is 23.6 Å². The predicted molar refractivity (Wildman–Crippen MR) is 135 cm³/mol. The molecule has 3 fully saturated rings. The molecule has 0 saturated heterocycles. The van der Waals surface area contributed by atoms with Gasteiger partial charge >= 0.3 is 0 Å². The van der Waals surface area contributed by atoms with Gasteiger partial charge in [0.1, 0.15) is 4.83 Å². The fourth-order valence-electron chi connectivity index (χ4n) is 7.22. The number of hydrogen-bond donors (Lipinski definition) is 1. The third kappa shape index (κ3) is 4.07. The van der Waals surface area contributed by atoms with Crippen molar-refractivity contribution in [3.8, 4) is 0 Å². The molecule has 1 amide bonds. The number of nitrogens with zero attached hydrogens (tertiary/aromatic N) is 2. The number of fused-ring (bicyclic) bond motifs is 5. The lowest BCUT2D eigenvalue weighted by atomic mass is 9.84. The molecule has 4 atom stereocenters. The van der Waals surface area contributed by atoms with Crippen LogP contribution in [0.5, 0.6) is 0 Å². The minimum absolute atomic E-state index is 0.0769. The number of rotatable bonds is 6. The molecule has 6 rings (SSSR count). The van der Waals surface area contributed by atoms with Gasteiger partial charge in [0.2, 0.25) is 5.91 Å². The third-order valence-electron chi connectivity index (χ3n) is 8.83. The van der Waals surface area contributed by atoms with Crippen LogP contribution in [0.25, 0.3) is 10.2 Å². The molecule has 0 spiro atoms. The van der Waals surface area contributed by atoms with Crippen molar-refractivity contribution in [3.05, 3.63) is 20.8 Å². The molecule has 0 unspecified atom stereocenters. The first-order chi connectivity index (χ1) is 16.1. The Morgan fingerprint density at radius 3 is 2.73 bits per heavy atom.